The average molecular weight is 374 g/mol. The zero-order valence-corrected chi connectivity index (χ0v) is 16.6. The number of fused-ring (bicyclic) bond motifs is 2. The molecule has 3 aliphatic carbocycles. The topological polar surface area (TPSA) is 90.9 Å². The number of carbonyl (C=O) groups excluding carboxylic acids is 3. The van der Waals surface area contributed by atoms with Gasteiger partial charge < -0.3 is 5.32 Å². The molecule has 0 aromatic rings. The highest BCUT2D eigenvalue weighted by Gasteiger charge is 2.60. The van der Waals surface area contributed by atoms with E-state index in [0.29, 0.717) is 18.8 Å². The van der Waals surface area contributed by atoms with Crippen LogP contribution in [0.1, 0.15) is 72.1 Å². The van der Waals surface area contributed by atoms with Crippen molar-refractivity contribution in [3.05, 3.63) is 0 Å². The SMILES string of the molecule is CC1(C)[C@H]2CC[C@]1(C)/C(=N/NC(=O)CCN1C(=O)NC3(CCCC3)C1=O)C2. The standard InChI is InChI=1S/C20H30N4O3/c1-18(2)13-6-10-19(18,3)14(12-13)22-23-15(25)7-11-24-16(26)20(21-17(24)27)8-4-5-9-20/h13H,4-12H2,1-3H3,(H,21,27)(H,23,25)/b22-14+/t13-,19+/m0/s1. The van der Waals surface area contributed by atoms with Gasteiger partial charge in [0.2, 0.25) is 5.91 Å². The molecule has 1 aliphatic heterocycles. The summed E-state index contributed by atoms with van der Waals surface area (Å²) in [4.78, 5) is 38.2. The fourth-order valence-corrected chi connectivity index (χ4v) is 5.69. The monoisotopic (exact) mass is 374 g/mol. The van der Waals surface area contributed by atoms with Gasteiger partial charge in [0, 0.05) is 24.1 Å². The summed E-state index contributed by atoms with van der Waals surface area (Å²) >= 11 is 0. The Morgan fingerprint density at radius 3 is 2.52 bits per heavy atom. The molecule has 7 heteroatoms. The second kappa shape index (κ2) is 6.04. The van der Waals surface area contributed by atoms with E-state index in [1.165, 1.54) is 11.3 Å². The number of imide groups is 1. The van der Waals surface area contributed by atoms with Crippen LogP contribution < -0.4 is 10.7 Å². The first-order valence-corrected chi connectivity index (χ1v) is 10.2. The molecule has 0 aromatic heterocycles. The predicted octanol–water partition coefficient (Wildman–Crippen LogP) is 2.56. The Balaban J connectivity index is 1.33. The van der Waals surface area contributed by atoms with Gasteiger partial charge in [-0.1, -0.05) is 33.6 Å². The molecule has 148 valence electrons. The maximum Gasteiger partial charge on any atom is 0.325 e. The molecule has 3 saturated carbocycles. The number of hydrogen-bond acceptors (Lipinski definition) is 4. The van der Waals surface area contributed by atoms with Crippen LogP contribution in [0.5, 0.6) is 0 Å². The van der Waals surface area contributed by atoms with Gasteiger partial charge in [0.05, 0.1) is 0 Å². The van der Waals surface area contributed by atoms with Crippen molar-refractivity contribution in [3.63, 3.8) is 0 Å². The Morgan fingerprint density at radius 1 is 1.22 bits per heavy atom. The quantitative estimate of drug-likeness (QED) is 0.585. The molecule has 1 heterocycles. The summed E-state index contributed by atoms with van der Waals surface area (Å²) in [6.45, 7) is 6.95. The molecule has 4 fully saturated rings. The third kappa shape index (κ3) is 2.61. The summed E-state index contributed by atoms with van der Waals surface area (Å²) in [6.07, 6.45) is 6.66. The van der Waals surface area contributed by atoms with E-state index in [2.05, 4.69) is 36.6 Å². The van der Waals surface area contributed by atoms with Crippen LogP contribution in [0.15, 0.2) is 5.10 Å². The summed E-state index contributed by atoms with van der Waals surface area (Å²) in [5.74, 6) is 0.206. The van der Waals surface area contributed by atoms with Gasteiger partial charge in [-0.15, -0.1) is 0 Å². The van der Waals surface area contributed by atoms with E-state index in [9.17, 15) is 14.4 Å². The molecule has 4 rings (SSSR count). The van der Waals surface area contributed by atoms with Crippen LogP contribution in [-0.4, -0.2) is 40.5 Å². The molecular weight excluding hydrogens is 344 g/mol. The van der Waals surface area contributed by atoms with Crippen molar-refractivity contribution in [1.82, 2.24) is 15.6 Å². The van der Waals surface area contributed by atoms with Crippen molar-refractivity contribution in [1.29, 1.82) is 0 Å². The van der Waals surface area contributed by atoms with Crippen LogP contribution >= 0.6 is 0 Å². The molecule has 4 aliphatic rings. The van der Waals surface area contributed by atoms with Crippen molar-refractivity contribution in [2.24, 2.45) is 21.8 Å². The summed E-state index contributed by atoms with van der Waals surface area (Å²) in [5, 5.41) is 7.28. The Hall–Kier alpha value is -1.92. The van der Waals surface area contributed by atoms with Crippen LogP contribution in [0.2, 0.25) is 0 Å². The van der Waals surface area contributed by atoms with E-state index in [-0.39, 0.29) is 41.6 Å². The number of nitrogens with one attached hydrogen (secondary N) is 2. The van der Waals surface area contributed by atoms with Crippen LogP contribution in [0, 0.1) is 16.7 Å². The van der Waals surface area contributed by atoms with E-state index >= 15 is 0 Å². The van der Waals surface area contributed by atoms with E-state index < -0.39 is 5.54 Å². The maximum atomic E-state index is 12.6. The fraction of sp³-hybridized carbons (Fsp3) is 0.800. The maximum absolute atomic E-state index is 12.6. The van der Waals surface area contributed by atoms with E-state index in [0.717, 1.165) is 31.4 Å². The first-order chi connectivity index (χ1) is 12.7. The van der Waals surface area contributed by atoms with Gasteiger partial charge in [0.25, 0.3) is 5.91 Å². The van der Waals surface area contributed by atoms with Crippen molar-refractivity contribution in [3.8, 4) is 0 Å². The number of hydrazone groups is 1. The highest BCUT2D eigenvalue weighted by Crippen LogP contribution is 2.63. The molecule has 2 atom stereocenters. The number of hydrogen-bond donors (Lipinski definition) is 2. The van der Waals surface area contributed by atoms with Gasteiger partial charge in [-0.2, -0.15) is 5.10 Å². The fourth-order valence-electron chi connectivity index (χ4n) is 5.69. The van der Waals surface area contributed by atoms with Crippen molar-refractivity contribution >= 4 is 23.6 Å². The van der Waals surface area contributed by atoms with Gasteiger partial charge in [-0.05, 0) is 43.4 Å². The van der Waals surface area contributed by atoms with Gasteiger partial charge in [0.15, 0.2) is 0 Å². The minimum absolute atomic E-state index is 0.0462. The highest BCUT2D eigenvalue weighted by molar-refractivity contribution is 6.07. The van der Waals surface area contributed by atoms with Crippen molar-refractivity contribution in [2.75, 3.05) is 6.54 Å². The molecule has 7 nitrogen and oxygen atoms in total. The number of rotatable bonds is 4. The van der Waals surface area contributed by atoms with Crippen LogP contribution in [0.3, 0.4) is 0 Å². The normalized spacial score (nSPS) is 34.7. The lowest BCUT2D eigenvalue weighted by Gasteiger charge is -2.34. The molecule has 0 aromatic carbocycles. The largest absolute Gasteiger partial charge is 0.325 e. The van der Waals surface area contributed by atoms with Gasteiger partial charge >= 0.3 is 6.03 Å². The first-order valence-electron chi connectivity index (χ1n) is 10.2. The van der Waals surface area contributed by atoms with Crippen molar-refractivity contribution < 1.29 is 14.4 Å². The molecule has 0 unspecified atom stereocenters. The Kier molecular flexibility index (Phi) is 4.13. The molecule has 1 saturated heterocycles. The second-order valence-electron chi connectivity index (χ2n) is 9.51. The third-order valence-electron chi connectivity index (χ3n) is 8.09. The minimum Gasteiger partial charge on any atom is -0.323 e. The van der Waals surface area contributed by atoms with E-state index in [1.54, 1.807) is 0 Å². The Labute approximate surface area is 160 Å². The van der Waals surface area contributed by atoms with E-state index in [4.69, 9.17) is 0 Å². The lowest BCUT2D eigenvalue weighted by molar-refractivity contribution is -0.131. The van der Waals surface area contributed by atoms with Gasteiger partial charge in [0.1, 0.15) is 5.54 Å². The zero-order valence-electron chi connectivity index (χ0n) is 16.6. The van der Waals surface area contributed by atoms with Crippen LogP contribution in [-0.2, 0) is 9.59 Å². The van der Waals surface area contributed by atoms with Crippen LogP contribution in [0.4, 0.5) is 4.79 Å². The second-order valence-corrected chi connectivity index (χ2v) is 9.51. The highest BCUT2D eigenvalue weighted by atomic mass is 16.2. The average Bonchev–Trinajstić information content (AvgIpc) is 3.28. The Bertz CT molecular complexity index is 723. The van der Waals surface area contributed by atoms with Gasteiger partial charge in [-0.3, -0.25) is 14.5 Å². The number of urea groups is 1. The first kappa shape index (κ1) is 18.4. The lowest BCUT2D eigenvalue weighted by Crippen LogP contribution is -2.44. The molecule has 2 N–H and O–H groups in total. The number of nitrogens with zero attached hydrogens (tertiary/aromatic N) is 2. The molecule has 2 bridgehead atoms. The zero-order chi connectivity index (χ0) is 19.4. The molecule has 4 amide bonds. The minimum atomic E-state index is -0.711. The summed E-state index contributed by atoms with van der Waals surface area (Å²) in [7, 11) is 0. The lowest BCUT2D eigenvalue weighted by atomic mass is 9.70. The molecular formula is C20H30N4O3. The summed E-state index contributed by atoms with van der Waals surface area (Å²) in [6, 6.07) is -0.372. The third-order valence-corrected chi connectivity index (χ3v) is 8.09. The molecule has 1 spiro atoms. The number of carbonyl (C=O) groups is 3. The summed E-state index contributed by atoms with van der Waals surface area (Å²) < 4.78 is 0. The summed E-state index contributed by atoms with van der Waals surface area (Å²) in [5.41, 5.74) is 3.30. The van der Waals surface area contributed by atoms with Gasteiger partial charge in [-0.25, -0.2) is 10.2 Å². The predicted molar refractivity (Wildman–Crippen MR) is 101 cm³/mol. The molecule has 27 heavy (non-hydrogen) atoms. The van der Waals surface area contributed by atoms with E-state index in [1.807, 2.05) is 0 Å². The number of amides is 4. The Morgan fingerprint density at radius 2 is 1.93 bits per heavy atom. The van der Waals surface area contributed by atoms with Crippen LogP contribution in [0.25, 0.3) is 0 Å². The smallest absolute Gasteiger partial charge is 0.323 e. The van der Waals surface area contributed by atoms with Crippen molar-refractivity contribution in [2.45, 2.75) is 77.7 Å². The molecule has 0 radical (unpaired) electrons.